The van der Waals surface area contributed by atoms with E-state index in [0.29, 0.717) is 35.2 Å². The van der Waals surface area contributed by atoms with Crippen molar-refractivity contribution in [1.29, 1.82) is 0 Å². The van der Waals surface area contributed by atoms with Crippen LogP contribution in [0.15, 0.2) is 18.2 Å². The Kier molecular flexibility index (Phi) is 5.66. The van der Waals surface area contributed by atoms with Crippen molar-refractivity contribution in [2.75, 3.05) is 19.6 Å². The van der Waals surface area contributed by atoms with Crippen molar-refractivity contribution in [2.24, 2.45) is 5.92 Å². The molecule has 1 saturated carbocycles. The molecule has 0 aromatic heterocycles. The van der Waals surface area contributed by atoms with Crippen LogP contribution in [0.4, 0.5) is 0 Å². The van der Waals surface area contributed by atoms with E-state index >= 15 is 0 Å². The third-order valence-corrected chi connectivity index (χ3v) is 3.78. The summed E-state index contributed by atoms with van der Waals surface area (Å²) in [7, 11) is 0. The second-order valence-corrected chi connectivity index (χ2v) is 5.79. The summed E-state index contributed by atoms with van der Waals surface area (Å²) in [5, 5.41) is 17.0. The average Bonchev–Trinajstić information content (AvgIpc) is 3.25. The van der Waals surface area contributed by atoms with Crippen molar-refractivity contribution in [3.8, 4) is 0 Å². The molecule has 1 aliphatic carbocycles. The van der Waals surface area contributed by atoms with E-state index in [4.69, 9.17) is 23.2 Å². The van der Waals surface area contributed by atoms with E-state index < -0.39 is 6.10 Å². The lowest BCUT2D eigenvalue weighted by atomic mass is 10.1. The highest BCUT2D eigenvalue weighted by Gasteiger charge is 2.28. The maximum atomic E-state index is 11.4. The van der Waals surface area contributed by atoms with E-state index in [9.17, 15) is 9.90 Å². The number of halogens is 2. The maximum absolute atomic E-state index is 11.4. The Morgan fingerprint density at radius 1 is 1.35 bits per heavy atom. The Labute approximate surface area is 128 Å². The summed E-state index contributed by atoms with van der Waals surface area (Å²) < 4.78 is 0. The van der Waals surface area contributed by atoms with Crippen LogP contribution >= 0.6 is 23.2 Å². The Balaban J connectivity index is 1.67. The molecule has 1 aliphatic rings. The number of aliphatic hydroxyl groups is 1. The number of carbonyl (C=O) groups is 1. The molecule has 20 heavy (non-hydrogen) atoms. The highest BCUT2D eigenvalue weighted by molar-refractivity contribution is 6.33. The van der Waals surface area contributed by atoms with E-state index in [2.05, 4.69) is 10.6 Å². The summed E-state index contributed by atoms with van der Waals surface area (Å²) in [6.07, 6.45) is 1.29. The Bertz CT molecular complexity index is 478. The predicted molar refractivity (Wildman–Crippen MR) is 80.0 cm³/mol. The van der Waals surface area contributed by atoms with E-state index in [-0.39, 0.29) is 11.8 Å². The zero-order valence-electron chi connectivity index (χ0n) is 11.0. The van der Waals surface area contributed by atoms with Crippen LogP contribution < -0.4 is 10.6 Å². The summed E-state index contributed by atoms with van der Waals surface area (Å²) >= 11 is 11.9. The Hall–Kier alpha value is -0.810. The molecule has 1 amide bonds. The lowest BCUT2D eigenvalue weighted by Gasteiger charge is -2.14. The minimum absolute atomic E-state index is 0.130. The van der Waals surface area contributed by atoms with Gasteiger partial charge in [-0.1, -0.05) is 23.2 Å². The first kappa shape index (κ1) is 15.6. The molecule has 1 atom stereocenters. The zero-order valence-corrected chi connectivity index (χ0v) is 12.5. The molecule has 6 heteroatoms. The van der Waals surface area contributed by atoms with Crippen LogP contribution in [-0.4, -0.2) is 30.6 Å². The fourth-order valence-corrected chi connectivity index (χ4v) is 2.31. The first-order chi connectivity index (χ1) is 9.58. The van der Waals surface area contributed by atoms with E-state index in [1.807, 2.05) is 0 Å². The molecule has 1 aromatic rings. The van der Waals surface area contributed by atoms with Gasteiger partial charge in [0.1, 0.15) is 0 Å². The van der Waals surface area contributed by atoms with Gasteiger partial charge in [-0.25, -0.2) is 0 Å². The summed E-state index contributed by atoms with van der Waals surface area (Å²) in [6, 6.07) is 5.00. The smallest absolute Gasteiger partial charge is 0.223 e. The number of hydrogen-bond acceptors (Lipinski definition) is 3. The van der Waals surface area contributed by atoms with Gasteiger partial charge in [-0.2, -0.15) is 0 Å². The number of aliphatic hydroxyl groups excluding tert-OH is 1. The third-order valence-electron chi connectivity index (χ3n) is 3.20. The van der Waals surface area contributed by atoms with Crippen molar-refractivity contribution in [1.82, 2.24) is 10.6 Å². The highest BCUT2D eigenvalue weighted by atomic mass is 35.5. The standard InChI is InChI=1S/C14H18Cl2N2O2/c15-10-3-4-12(16)11(7-10)13(19)8-17-5-6-18-14(20)9-1-2-9/h3-4,7,9,13,17,19H,1-2,5-6,8H2,(H,18,20). The molecule has 1 unspecified atom stereocenters. The SMILES string of the molecule is O=C(NCCNCC(O)c1cc(Cl)ccc1Cl)C1CC1. The maximum Gasteiger partial charge on any atom is 0.223 e. The van der Waals surface area contributed by atoms with Gasteiger partial charge in [0.05, 0.1) is 6.10 Å². The van der Waals surface area contributed by atoms with Gasteiger partial charge in [0.25, 0.3) is 0 Å². The van der Waals surface area contributed by atoms with Gasteiger partial charge >= 0.3 is 0 Å². The van der Waals surface area contributed by atoms with Crippen LogP contribution in [-0.2, 0) is 4.79 Å². The van der Waals surface area contributed by atoms with Gasteiger partial charge < -0.3 is 15.7 Å². The van der Waals surface area contributed by atoms with Crippen molar-refractivity contribution >= 4 is 29.1 Å². The van der Waals surface area contributed by atoms with Crippen LogP contribution in [0.1, 0.15) is 24.5 Å². The summed E-state index contributed by atoms with van der Waals surface area (Å²) in [5.74, 6) is 0.357. The number of rotatable bonds is 7. The first-order valence-corrected chi connectivity index (χ1v) is 7.45. The lowest BCUT2D eigenvalue weighted by molar-refractivity contribution is -0.122. The number of benzene rings is 1. The van der Waals surface area contributed by atoms with Crippen LogP contribution in [0.5, 0.6) is 0 Å². The van der Waals surface area contributed by atoms with Crippen LogP contribution in [0, 0.1) is 5.92 Å². The topological polar surface area (TPSA) is 61.4 Å². The quantitative estimate of drug-likeness (QED) is 0.675. The fraction of sp³-hybridized carbons (Fsp3) is 0.500. The number of amides is 1. The third kappa shape index (κ3) is 4.63. The molecule has 0 saturated heterocycles. The number of carbonyl (C=O) groups excluding carboxylic acids is 1. The molecular weight excluding hydrogens is 299 g/mol. The second-order valence-electron chi connectivity index (χ2n) is 4.95. The zero-order chi connectivity index (χ0) is 14.5. The van der Waals surface area contributed by atoms with Gasteiger partial charge in [0.2, 0.25) is 5.91 Å². The molecule has 110 valence electrons. The van der Waals surface area contributed by atoms with Gasteiger partial charge in [-0.05, 0) is 31.0 Å². The first-order valence-electron chi connectivity index (χ1n) is 6.69. The van der Waals surface area contributed by atoms with Crippen molar-refractivity contribution in [3.05, 3.63) is 33.8 Å². The van der Waals surface area contributed by atoms with Gasteiger partial charge in [0, 0.05) is 41.2 Å². The monoisotopic (exact) mass is 316 g/mol. The fourth-order valence-electron chi connectivity index (χ4n) is 1.88. The highest BCUT2D eigenvalue weighted by Crippen LogP contribution is 2.28. The average molecular weight is 317 g/mol. The molecule has 1 aromatic carbocycles. The van der Waals surface area contributed by atoms with Gasteiger partial charge in [0.15, 0.2) is 0 Å². The van der Waals surface area contributed by atoms with Crippen molar-refractivity contribution in [2.45, 2.75) is 18.9 Å². The molecular formula is C14H18Cl2N2O2. The summed E-state index contributed by atoms with van der Waals surface area (Å²) in [6.45, 7) is 1.53. The molecule has 4 nitrogen and oxygen atoms in total. The Morgan fingerprint density at radius 3 is 2.80 bits per heavy atom. The van der Waals surface area contributed by atoms with E-state index in [1.165, 1.54) is 0 Å². The Morgan fingerprint density at radius 2 is 2.10 bits per heavy atom. The van der Waals surface area contributed by atoms with Crippen molar-refractivity contribution < 1.29 is 9.90 Å². The summed E-state index contributed by atoms with van der Waals surface area (Å²) in [4.78, 5) is 11.4. The molecule has 0 radical (unpaired) electrons. The van der Waals surface area contributed by atoms with E-state index in [0.717, 1.165) is 12.8 Å². The van der Waals surface area contributed by atoms with Gasteiger partial charge in [-0.15, -0.1) is 0 Å². The molecule has 3 N–H and O–H groups in total. The van der Waals surface area contributed by atoms with E-state index in [1.54, 1.807) is 18.2 Å². The molecule has 0 spiro atoms. The number of hydrogen-bond donors (Lipinski definition) is 3. The normalized spacial score (nSPS) is 15.9. The minimum Gasteiger partial charge on any atom is -0.387 e. The largest absolute Gasteiger partial charge is 0.387 e. The lowest BCUT2D eigenvalue weighted by Crippen LogP contribution is -2.34. The van der Waals surface area contributed by atoms with Crippen LogP contribution in [0.2, 0.25) is 10.0 Å². The van der Waals surface area contributed by atoms with Gasteiger partial charge in [-0.3, -0.25) is 4.79 Å². The molecule has 0 bridgehead atoms. The predicted octanol–water partition coefficient (Wildman–Crippen LogP) is 2.14. The molecule has 1 fully saturated rings. The van der Waals surface area contributed by atoms with Crippen LogP contribution in [0.3, 0.4) is 0 Å². The van der Waals surface area contributed by atoms with Crippen molar-refractivity contribution in [3.63, 3.8) is 0 Å². The second kappa shape index (κ2) is 7.27. The summed E-state index contributed by atoms with van der Waals surface area (Å²) in [5.41, 5.74) is 0.605. The molecule has 0 heterocycles. The van der Waals surface area contributed by atoms with Crippen LogP contribution in [0.25, 0.3) is 0 Å². The number of nitrogens with one attached hydrogen (secondary N) is 2. The molecule has 0 aliphatic heterocycles. The minimum atomic E-state index is -0.722. The molecule has 2 rings (SSSR count).